The molecule has 1 aliphatic heterocycles. The highest BCUT2D eigenvalue weighted by atomic mass is 19.1. The van der Waals surface area contributed by atoms with Gasteiger partial charge in [0.1, 0.15) is 5.82 Å². The number of nitrogens with one attached hydrogen (secondary N) is 1. The van der Waals surface area contributed by atoms with E-state index < -0.39 is 0 Å². The third-order valence-corrected chi connectivity index (χ3v) is 3.51. The fourth-order valence-electron chi connectivity index (χ4n) is 2.60. The van der Waals surface area contributed by atoms with Crippen LogP contribution in [0.2, 0.25) is 0 Å². The van der Waals surface area contributed by atoms with E-state index in [9.17, 15) is 4.39 Å². The van der Waals surface area contributed by atoms with E-state index in [1.54, 1.807) is 6.07 Å². The lowest BCUT2D eigenvalue weighted by Gasteiger charge is -2.16. The third-order valence-electron chi connectivity index (χ3n) is 3.51. The average Bonchev–Trinajstić information content (AvgIpc) is 2.95. The van der Waals surface area contributed by atoms with Gasteiger partial charge in [0.05, 0.1) is 0 Å². The highest BCUT2D eigenvalue weighted by molar-refractivity contribution is 5.37. The van der Waals surface area contributed by atoms with E-state index in [4.69, 9.17) is 0 Å². The molecular formula is C13H16FN. The minimum Gasteiger partial charge on any atom is -0.310 e. The Morgan fingerprint density at radius 3 is 2.73 bits per heavy atom. The van der Waals surface area contributed by atoms with Crippen molar-refractivity contribution >= 4 is 0 Å². The van der Waals surface area contributed by atoms with Gasteiger partial charge in [0.15, 0.2) is 0 Å². The standard InChI is InChI=1S/C13H16FN/c14-11-4-1-3-10(9-6-7-9)13(11)12-5-2-8-15-12/h1,3-4,9,12,15H,2,5-8H2. The highest BCUT2D eigenvalue weighted by Crippen LogP contribution is 2.44. The van der Waals surface area contributed by atoms with E-state index in [0.717, 1.165) is 18.5 Å². The minimum atomic E-state index is -0.0150. The van der Waals surface area contributed by atoms with E-state index in [2.05, 4.69) is 11.4 Å². The molecule has 3 rings (SSSR count). The van der Waals surface area contributed by atoms with Crippen LogP contribution in [0.1, 0.15) is 48.8 Å². The molecule has 1 saturated heterocycles. The summed E-state index contributed by atoms with van der Waals surface area (Å²) in [5.74, 6) is 0.622. The van der Waals surface area contributed by atoms with Gasteiger partial charge in [-0.25, -0.2) is 4.39 Å². The predicted octanol–water partition coefficient (Wildman–Crippen LogP) is 3.13. The summed E-state index contributed by atoms with van der Waals surface area (Å²) in [4.78, 5) is 0. The summed E-state index contributed by atoms with van der Waals surface area (Å²) < 4.78 is 13.9. The van der Waals surface area contributed by atoms with Crippen LogP contribution in [0.15, 0.2) is 18.2 Å². The van der Waals surface area contributed by atoms with Crippen LogP contribution in [0.25, 0.3) is 0 Å². The zero-order valence-electron chi connectivity index (χ0n) is 8.80. The number of hydrogen-bond donors (Lipinski definition) is 1. The van der Waals surface area contributed by atoms with E-state index in [-0.39, 0.29) is 11.9 Å². The lowest BCUT2D eigenvalue weighted by Crippen LogP contribution is -2.16. The predicted molar refractivity (Wildman–Crippen MR) is 58.4 cm³/mol. The lowest BCUT2D eigenvalue weighted by molar-refractivity contribution is 0.553. The van der Waals surface area contributed by atoms with E-state index in [1.807, 2.05) is 6.07 Å². The molecule has 2 aliphatic rings. The van der Waals surface area contributed by atoms with Gasteiger partial charge in [-0.3, -0.25) is 0 Å². The van der Waals surface area contributed by atoms with Crippen molar-refractivity contribution in [2.45, 2.75) is 37.6 Å². The van der Waals surface area contributed by atoms with Crippen molar-refractivity contribution in [1.82, 2.24) is 5.32 Å². The molecule has 1 N–H and O–H groups in total. The molecule has 1 atom stereocenters. The van der Waals surface area contributed by atoms with Gasteiger partial charge in [-0.15, -0.1) is 0 Å². The average molecular weight is 205 g/mol. The second-order valence-corrected chi connectivity index (χ2v) is 4.67. The van der Waals surface area contributed by atoms with Crippen LogP contribution in [0, 0.1) is 5.82 Å². The van der Waals surface area contributed by atoms with Crippen molar-refractivity contribution in [3.8, 4) is 0 Å². The SMILES string of the molecule is Fc1cccc(C2CC2)c1C1CCCN1. The first-order valence-electron chi connectivity index (χ1n) is 5.88. The van der Waals surface area contributed by atoms with Gasteiger partial charge in [-0.05, 0) is 49.8 Å². The van der Waals surface area contributed by atoms with Crippen molar-refractivity contribution < 1.29 is 4.39 Å². The fourth-order valence-corrected chi connectivity index (χ4v) is 2.60. The maximum Gasteiger partial charge on any atom is 0.128 e. The van der Waals surface area contributed by atoms with Crippen LogP contribution in [0.4, 0.5) is 4.39 Å². The second-order valence-electron chi connectivity index (χ2n) is 4.67. The molecule has 80 valence electrons. The molecule has 2 heteroatoms. The van der Waals surface area contributed by atoms with Crippen molar-refractivity contribution in [2.24, 2.45) is 0 Å². The Kier molecular flexibility index (Phi) is 2.24. The molecule has 0 aromatic heterocycles. The topological polar surface area (TPSA) is 12.0 Å². The Morgan fingerprint density at radius 1 is 1.20 bits per heavy atom. The monoisotopic (exact) mass is 205 g/mol. The zero-order valence-corrected chi connectivity index (χ0v) is 8.80. The van der Waals surface area contributed by atoms with E-state index >= 15 is 0 Å². The molecule has 1 unspecified atom stereocenters. The molecule has 1 aromatic rings. The van der Waals surface area contributed by atoms with Crippen LogP contribution < -0.4 is 5.32 Å². The quantitative estimate of drug-likeness (QED) is 0.782. The molecule has 0 bridgehead atoms. The largest absolute Gasteiger partial charge is 0.310 e. The molecule has 1 heterocycles. The molecule has 0 spiro atoms. The summed E-state index contributed by atoms with van der Waals surface area (Å²) in [5, 5.41) is 3.40. The van der Waals surface area contributed by atoms with Gasteiger partial charge < -0.3 is 5.32 Å². The van der Waals surface area contributed by atoms with Gasteiger partial charge in [-0.1, -0.05) is 12.1 Å². The molecule has 1 aliphatic carbocycles. The van der Waals surface area contributed by atoms with Crippen LogP contribution in [-0.4, -0.2) is 6.54 Å². The maximum atomic E-state index is 13.9. The molecule has 1 aromatic carbocycles. The highest BCUT2D eigenvalue weighted by Gasteiger charge is 2.30. The summed E-state index contributed by atoms with van der Waals surface area (Å²) in [6.45, 7) is 1.03. The smallest absolute Gasteiger partial charge is 0.128 e. The van der Waals surface area contributed by atoms with Crippen LogP contribution >= 0.6 is 0 Å². The molecule has 0 radical (unpaired) electrons. The zero-order chi connectivity index (χ0) is 10.3. The number of halogens is 1. The minimum absolute atomic E-state index is 0.0150. The first kappa shape index (κ1) is 9.34. The Labute approximate surface area is 89.7 Å². The van der Waals surface area contributed by atoms with E-state index in [0.29, 0.717) is 5.92 Å². The lowest BCUT2D eigenvalue weighted by atomic mass is 9.95. The molecule has 1 nitrogen and oxygen atoms in total. The summed E-state index contributed by atoms with van der Waals surface area (Å²) in [6.07, 6.45) is 4.73. The molecule has 15 heavy (non-hydrogen) atoms. The Hall–Kier alpha value is -0.890. The van der Waals surface area contributed by atoms with Crippen molar-refractivity contribution in [3.05, 3.63) is 35.1 Å². The van der Waals surface area contributed by atoms with Gasteiger partial charge >= 0.3 is 0 Å². The van der Waals surface area contributed by atoms with Crippen molar-refractivity contribution in [3.63, 3.8) is 0 Å². The number of benzene rings is 1. The summed E-state index contributed by atoms with van der Waals surface area (Å²) >= 11 is 0. The van der Waals surface area contributed by atoms with Crippen molar-refractivity contribution in [2.75, 3.05) is 6.54 Å². The van der Waals surface area contributed by atoms with Crippen LogP contribution in [0.3, 0.4) is 0 Å². The molecule has 2 fully saturated rings. The van der Waals surface area contributed by atoms with Gasteiger partial charge in [-0.2, -0.15) is 0 Å². The van der Waals surface area contributed by atoms with Crippen molar-refractivity contribution in [1.29, 1.82) is 0 Å². The Balaban J connectivity index is 2.01. The number of hydrogen-bond acceptors (Lipinski definition) is 1. The Morgan fingerprint density at radius 2 is 2.07 bits per heavy atom. The van der Waals surface area contributed by atoms with Crippen LogP contribution in [0.5, 0.6) is 0 Å². The fraction of sp³-hybridized carbons (Fsp3) is 0.538. The third kappa shape index (κ3) is 1.67. The summed E-state index contributed by atoms with van der Waals surface area (Å²) in [7, 11) is 0. The number of rotatable bonds is 2. The summed E-state index contributed by atoms with van der Waals surface area (Å²) in [5.41, 5.74) is 2.21. The molecular weight excluding hydrogens is 189 g/mol. The van der Waals surface area contributed by atoms with Gasteiger partial charge in [0.25, 0.3) is 0 Å². The second kappa shape index (κ2) is 3.60. The first-order chi connectivity index (χ1) is 7.36. The maximum absolute atomic E-state index is 13.9. The van der Waals surface area contributed by atoms with E-state index in [1.165, 1.54) is 24.8 Å². The Bertz CT molecular complexity index is 365. The molecule has 1 saturated carbocycles. The first-order valence-corrected chi connectivity index (χ1v) is 5.88. The van der Waals surface area contributed by atoms with Gasteiger partial charge in [0, 0.05) is 11.6 Å². The van der Waals surface area contributed by atoms with Crippen LogP contribution in [-0.2, 0) is 0 Å². The van der Waals surface area contributed by atoms with Gasteiger partial charge in [0.2, 0.25) is 0 Å². The normalized spacial score (nSPS) is 25.8. The summed E-state index contributed by atoms with van der Waals surface area (Å²) in [6, 6.07) is 5.82. The molecule has 0 amide bonds.